The van der Waals surface area contributed by atoms with Crippen molar-refractivity contribution in [2.24, 2.45) is 0 Å². The number of carbonyl (C=O) groups is 1. The quantitative estimate of drug-likeness (QED) is 0.663. The smallest absolute Gasteiger partial charge is 0.152 e. The average molecular weight is 358 g/mol. The van der Waals surface area contributed by atoms with Crippen LogP contribution in [0.3, 0.4) is 0 Å². The number of ether oxygens (including phenoxy) is 1. The number of pyridine rings is 1. The van der Waals surface area contributed by atoms with Crippen LogP contribution in [0.4, 0.5) is 5.69 Å². The summed E-state index contributed by atoms with van der Waals surface area (Å²) in [6.45, 7) is 3.53. The highest BCUT2D eigenvalue weighted by Crippen LogP contribution is 2.37. The summed E-state index contributed by atoms with van der Waals surface area (Å²) < 4.78 is 5.94. The fourth-order valence-corrected chi connectivity index (χ4v) is 3.49. The molecule has 3 aromatic rings. The number of nitrogens with one attached hydrogen (secondary N) is 1. The van der Waals surface area contributed by atoms with E-state index in [1.807, 2.05) is 0 Å². The molecule has 1 aromatic heterocycles. The van der Waals surface area contributed by atoms with E-state index in [9.17, 15) is 4.79 Å². The second-order valence-corrected chi connectivity index (χ2v) is 6.91. The van der Waals surface area contributed by atoms with Crippen LogP contribution in [0.5, 0.6) is 5.75 Å². The Morgan fingerprint density at radius 2 is 1.96 bits per heavy atom. The molecule has 4 heteroatoms. The van der Waals surface area contributed by atoms with Crippen LogP contribution in [0, 0.1) is 6.92 Å². The van der Waals surface area contributed by atoms with Crippen molar-refractivity contribution in [3.63, 3.8) is 0 Å². The maximum Gasteiger partial charge on any atom is 0.152 e. The van der Waals surface area contributed by atoms with E-state index in [1.165, 1.54) is 16.7 Å². The maximum absolute atomic E-state index is 11.2. The molecule has 136 valence electrons. The molecule has 2 heterocycles. The highest BCUT2D eigenvalue weighted by atomic mass is 16.5. The van der Waals surface area contributed by atoms with Crippen molar-refractivity contribution < 1.29 is 9.53 Å². The molecule has 0 bridgehead atoms. The topological polar surface area (TPSA) is 51.2 Å². The molecule has 0 aliphatic carbocycles. The van der Waals surface area contributed by atoms with Crippen molar-refractivity contribution in [3.8, 4) is 16.9 Å². The van der Waals surface area contributed by atoms with E-state index in [1.54, 1.807) is 18.5 Å². The minimum atomic E-state index is 0.334. The minimum absolute atomic E-state index is 0.334. The second kappa shape index (κ2) is 7.62. The Morgan fingerprint density at radius 1 is 1.15 bits per heavy atom. The molecule has 0 radical (unpaired) electrons. The summed E-state index contributed by atoms with van der Waals surface area (Å²) in [4.78, 5) is 15.3. The Morgan fingerprint density at radius 3 is 2.78 bits per heavy atom. The number of anilines is 1. The van der Waals surface area contributed by atoms with Crippen LogP contribution in [-0.4, -0.2) is 24.4 Å². The van der Waals surface area contributed by atoms with Crippen molar-refractivity contribution in [3.05, 3.63) is 77.6 Å². The molecule has 0 saturated carbocycles. The van der Waals surface area contributed by atoms with Crippen molar-refractivity contribution >= 4 is 12.0 Å². The number of nitrogens with zero attached hydrogens (tertiary/aromatic N) is 1. The number of aromatic nitrogens is 1. The second-order valence-electron chi connectivity index (χ2n) is 6.91. The third-order valence-electron chi connectivity index (χ3n) is 5.08. The Hall–Kier alpha value is -3.14. The van der Waals surface area contributed by atoms with Gasteiger partial charge in [0, 0.05) is 24.2 Å². The van der Waals surface area contributed by atoms with Crippen molar-refractivity contribution in [1.82, 2.24) is 4.98 Å². The number of carbonyl (C=O) groups excluding carboxylic acids is 1. The lowest BCUT2D eigenvalue weighted by Gasteiger charge is -2.27. The molecule has 4 nitrogen and oxygen atoms in total. The monoisotopic (exact) mass is 358 g/mol. The number of hydrogen-bond donors (Lipinski definition) is 1. The summed E-state index contributed by atoms with van der Waals surface area (Å²) in [5, 5.41) is 3.38. The Balaban J connectivity index is 1.55. The van der Waals surface area contributed by atoms with Gasteiger partial charge in [0.15, 0.2) is 6.29 Å². The maximum atomic E-state index is 11.2. The summed E-state index contributed by atoms with van der Waals surface area (Å²) in [6.07, 6.45) is 5.13. The average Bonchev–Trinajstić information content (AvgIpc) is 2.72. The fraction of sp³-hybridized carbons (Fsp3) is 0.217. The third-order valence-corrected chi connectivity index (χ3v) is 5.08. The van der Waals surface area contributed by atoms with Crippen molar-refractivity contribution in [2.75, 3.05) is 18.5 Å². The molecule has 0 spiro atoms. The molecule has 1 aliphatic rings. The molecule has 2 aromatic carbocycles. The van der Waals surface area contributed by atoms with Crippen LogP contribution in [0.2, 0.25) is 0 Å². The molecule has 0 saturated heterocycles. The van der Waals surface area contributed by atoms with Gasteiger partial charge in [0.05, 0.1) is 18.5 Å². The highest BCUT2D eigenvalue weighted by Gasteiger charge is 2.22. The lowest BCUT2D eigenvalue weighted by atomic mass is 9.91. The van der Waals surface area contributed by atoms with E-state index in [-0.39, 0.29) is 0 Å². The van der Waals surface area contributed by atoms with Gasteiger partial charge in [0.25, 0.3) is 0 Å². The third kappa shape index (κ3) is 3.70. The van der Waals surface area contributed by atoms with Gasteiger partial charge in [-0.3, -0.25) is 9.78 Å². The van der Waals surface area contributed by atoms with Crippen LogP contribution in [-0.2, 0) is 0 Å². The van der Waals surface area contributed by atoms with Crippen LogP contribution >= 0.6 is 0 Å². The molecule has 27 heavy (non-hydrogen) atoms. The van der Waals surface area contributed by atoms with E-state index in [4.69, 9.17) is 4.74 Å². The van der Waals surface area contributed by atoms with Gasteiger partial charge in [-0.25, -0.2) is 0 Å². The zero-order chi connectivity index (χ0) is 18.6. The van der Waals surface area contributed by atoms with Gasteiger partial charge in [-0.15, -0.1) is 0 Å². The summed E-state index contributed by atoms with van der Waals surface area (Å²) in [5.74, 6) is 1.29. The first kappa shape index (κ1) is 17.3. The number of benzene rings is 2. The Labute approximate surface area is 159 Å². The van der Waals surface area contributed by atoms with E-state index >= 15 is 0 Å². The molecule has 0 amide bonds. The fourth-order valence-electron chi connectivity index (χ4n) is 3.49. The van der Waals surface area contributed by atoms with Crippen LogP contribution in [0.25, 0.3) is 11.1 Å². The number of aryl methyl sites for hydroxylation is 1. The first-order chi connectivity index (χ1) is 13.2. The van der Waals surface area contributed by atoms with Crippen LogP contribution in [0.15, 0.2) is 60.9 Å². The first-order valence-corrected chi connectivity index (χ1v) is 9.21. The summed E-state index contributed by atoms with van der Waals surface area (Å²) in [6, 6.07) is 16.7. The largest absolute Gasteiger partial charge is 0.493 e. The minimum Gasteiger partial charge on any atom is -0.493 e. The molecule has 1 atom stereocenters. The molecular formula is C23H22N2O2. The number of fused-ring (bicyclic) bond motifs is 1. The molecule has 0 unspecified atom stereocenters. The number of hydrogen-bond acceptors (Lipinski definition) is 4. The lowest BCUT2D eigenvalue weighted by Crippen LogP contribution is -2.21. The van der Waals surface area contributed by atoms with E-state index in [2.05, 4.69) is 59.7 Å². The molecule has 1 aliphatic heterocycles. The first-order valence-electron chi connectivity index (χ1n) is 9.21. The van der Waals surface area contributed by atoms with Gasteiger partial charge in [0.1, 0.15) is 5.75 Å². The van der Waals surface area contributed by atoms with E-state index < -0.39 is 0 Å². The standard InChI is InChI=1S/C23H22N2O2/c1-16-2-4-17(5-3-16)18-6-7-21-19(9-11-27-23(21)12-18)13-25-22-14-24-10-8-20(22)15-26/h2-8,10,12,14-15,19,25H,9,11,13H2,1H3/t19-/m1/s1. The summed E-state index contributed by atoms with van der Waals surface area (Å²) in [7, 11) is 0. The van der Waals surface area contributed by atoms with Crippen LogP contribution < -0.4 is 10.1 Å². The SMILES string of the molecule is Cc1ccc(-c2ccc3c(c2)OCC[C@@H]3CNc2cnccc2C=O)cc1. The lowest BCUT2D eigenvalue weighted by molar-refractivity contribution is 0.112. The molecule has 1 N–H and O–H groups in total. The van der Waals surface area contributed by atoms with Gasteiger partial charge in [-0.2, -0.15) is 0 Å². The molecule has 0 fully saturated rings. The van der Waals surface area contributed by atoms with Gasteiger partial charge in [-0.05, 0) is 42.2 Å². The summed E-state index contributed by atoms with van der Waals surface area (Å²) in [5.41, 5.74) is 6.23. The number of aldehydes is 1. The predicted octanol–water partition coefficient (Wildman–Crippen LogP) is 4.85. The van der Waals surface area contributed by atoms with E-state index in [0.717, 1.165) is 36.3 Å². The van der Waals surface area contributed by atoms with Crippen molar-refractivity contribution in [2.45, 2.75) is 19.3 Å². The van der Waals surface area contributed by atoms with Crippen LogP contribution in [0.1, 0.15) is 33.8 Å². The Bertz CT molecular complexity index is 951. The number of rotatable bonds is 5. The van der Waals surface area contributed by atoms with E-state index in [0.29, 0.717) is 18.1 Å². The van der Waals surface area contributed by atoms with Gasteiger partial charge < -0.3 is 10.1 Å². The summed E-state index contributed by atoms with van der Waals surface area (Å²) >= 11 is 0. The van der Waals surface area contributed by atoms with Gasteiger partial charge in [-0.1, -0.05) is 42.0 Å². The van der Waals surface area contributed by atoms with Crippen molar-refractivity contribution in [1.29, 1.82) is 0 Å². The predicted molar refractivity (Wildman–Crippen MR) is 108 cm³/mol. The normalized spacial score (nSPS) is 15.5. The zero-order valence-corrected chi connectivity index (χ0v) is 15.3. The van der Waals surface area contributed by atoms with Gasteiger partial charge >= 0.3 is 0 Å². The van der Waals surface area contributed by atoms with Gasteiger partial charge in [0.2, 0.25) is 0 Å². The molecular weight excluding hydrogens is 336 g/mol. The zero-order valence-electron chi connectivity index (χ0n) is 15.3. The Kier molecular flexibility index (Phi) is 4.88. The molecule has 4 rings (SSSR count). The highest BCUT2D eigenvalue weighted by molar-refractivity contribution is 5.83.